The first-order valence-corrected chi connectivity index (χ1v) is 33.6. The Hall–Kier alpha value is -2.63. The summed E-state index contributed by atoms with van der Waals surface area (Å²) in [6.07, 6.45) is 81.1. The molecule has 0 saturated carbocycles. The highest BCUT2D eigenvalue weighted by Crippen LogP contribution is 2.17. The van der Waals surface area contributed by atoms with E-state index in [-0.39, 0.29) is 31.1 Å². The minimum Gasteiger partial charge on any atom is -0.462 e. The molecular formula is C70H128O6. The van der Waals surface area contributed by atoms with Crippen LogP contribution in [0.2, 0.25) is 0 Å². The standard InChI is InChI=1S/C70H128O6/c1-4-7-10-13-16-19-22-25-28-31-33-34-35-36-37-40-42-45-48-51-54-57-60-63-69(72)75-66-67(65-74-68(71)62-59-56-53-50-47-44-41-38-30-27-24-21-18-15-12-9-6-3)76-70(73)64-61-58-55-52-49-46-43-39-32-29-26-23-20-17-14-11-8-5-2/h22,25,27,30-31,33,35-36,67H,4-21,23-24,26,28-29,32,34,37-66H2,1-3H3/b25-22-,30-27-,33-31-,36-35-. The van der Waals surface area contributed by atoms with Crippen molar-refractivity contribution in [2.75, 3.05) is 13.2 Å². The van der Waals surface area contributed by atoms with Crippen molar-refractivity contribution in [3.05, 3.63) is 48.6 Å². The van der Waals surface area contributed by atoms with Crippen molar-refractivity contribution in [3.8, 4) is 0 Å². The molecule has 0 fully saturated rings. The quantitative estimate of drug-likeness (QED) is 0.0261. The van der Waals surface area contributed by atoms with Crippen molar-refractivity contribution in [2.45, 2.75) is 367 Å². The van der Waals surface area contributed by atoms with E-state index in [2.05, 4.69) is 69.4 Å². The van der Waals surface area contributed by atoms with Crippen molar-refractivity contribution in [2.24, 2.45) is 0 Å². The van der Waals surface area contributed by atoms with Gasteiger partial charge in [0.25, 0.3) is 0 Å². The summed E-state index contributed by atoms with van der Waals surface area (Å²) in [7, 11) is 0. The maximum atomic E-state index is 12.9. The molecule has 0 aromatic carbocycles. The second kappa shape index (κ2) is 64.9. The van der Waals surface area contributed by atoms with Gasteiger partial charge in [0.2, 0.25) is 0 Å². The predicted molar refractivity (Wildman–Crippen MR) is 330 cm³/mol. The van der Waals surface area contributed by atoms with Crippen molar-refractivity contribution in [1.29, 1.82) is 0 Å². The summed E-state index contributed by atoms with van der Waals surface area (Å²) in [5.41, 5.74) is 0. The Balaban J connectivity index is 4.34. The zero-order chi connectivity index (χ0) is 55.0. The Labute approximate surface area is 473 Å². The molecule has 1 unspecified atom stereocenters. The number of hydrogen-bond acceptors (Lipinski definition) is 6. The molecule has 0 aliphatic rings. The smallest absolute Gasteiger partial charge is 0.306 e. The lowest BCUT2D eigenvalue weighted by molar-refractivity contribution is -0.167. The van der Waals surface area contributed by atoms with E-state index < -0.39 is 6.10 Å². The highest BCUT2D eigenvalue weighted by atomic mass is 16.6. The molecule has 0 spiro atoms. The summed E-state index contributed by atoms with van der Waals surface area (Å²) < 4.78 is 17.0. The molecule has 0 aromatic heterocycles. The summed E-state index contributed by atoms with van der Waals surface area (Å²) in [4.78, 5) is 38.4. The largest absolute Gasteiger partial charge is 0.462 e. The number of esters is 3. The Morgan fingerprint density at radius 2 is 0.474 bits per heavy atom. The highest BCUT2D eigenvalue weighted by molar-refractivity contribution is 5.71. The van der Waals surface area contributed by atoms with Crippen LogP contribution >= 0.6 is 0 Å². The molecule has 0 heterocycles. The van der Waals surface area contributed by atoms with Crippen LogP contribution < -0.4 is 0 Å². The average Bonchev–Trinajstić information content (AvgIpc) is 3.42. The number of carbonyl (C=O) groups is 3. The van der Waals surface area contributed by atoms with E-state index in [1.54, 1.807) is 0 Å². The second-order valence-corrected chi connectivity index (χ2v) is 22.7. The van der Waals surface area contributed by atoms with Gasteiger partial charge in [-0.05, 0) is 83.5 Å². The Kier molecular flexibility index (Phi) is 62.6. The van der Waals surface area contributed by atoms with Crippen LogP contribution in [0, 0.1) is 0 Å². The number of allylic oxidation sites excluding steroid dienone is 8. The third-order valence-corrected chi connectivity index (χ3v) is 15.1. The van der Waals surface area contributed by atoms with Gasteiger partial charge in [0, 0.05) is 19.3 Å². The van der Waals surface area contributed by atoms with E-state index in [0.717, 1.165) is 77.0 Å². The van der Waals surface area contributed by atoms with Crippen LogP contribution in [0.15, 0.2) is 48.6 Å². The molecule has 0 bridgehead atoms. The van der Waals surface area contributed by atoms with Crippen LogP contribution in [0.5, 0.6) is 0 Å². The molecule has 6 heteroatoms. The molecule has 444 valence electrons. The fraction of sp³-hybridized carbons (Fsp3) is 0.843. The van der Waals surface area contributed by atoms with Gasteiger partial charge < -0.3 is 14.2 Å². The maximum absolute atomic E-state index is 12.9. The molecule has 0 aliphatic carbocycles. The van der Waals surface area contributed by atoms with Crippen LogP contribution in [0.3, 0.4) is 0 Å². The SMILES string of the molecule is CCCCCCC/C=C\C/C=C\C/C=C\CCCCCCCCCCC(=O)OCC(COC(=O)CCCCCCCCC/C=C\CCCCCCCC)OC(=O)CCCCCCCCCCCCCCCCCCCC. The predicted octanol–water partition coefficient (Wildman–Crippen LogP) is 22.9. The van der Waals surface area contributed by atoms with Gasteiger partial charge >= 0.3 is 17.9 Å². The third-order valence-electron chi connectivity index (χ3n) is 15.1. The first kappa shape index (κ1) is 73.4. The summed E-state index contributed by atoms with van der Waals surface area (Å²) in [5, 5.41) is 0. The molecule has 6 nitrogen and oxygen atoms in total. The molecule has 0 saturated heterocycles. The first-order valence-electron chi connectivity index (χ1n) is 33.6. The van der Waals surface area contributed by atoms with Gasteiger partial charge in [-0.1, -0.05) is 307 Å². The summed E-state index contributed by atoms with van der Waals surface area (Å²) in [5.74, 6) is -0.861. The van der Waals surface area contributed by atoms with Gasteiger partial charge in [-0.25, -0.2) is 0 Å². The topological polar surface area (TPSA) is 78.9 Å². The first-order chi connectivity index (χ1) is 37.5. The van der Waals surface area contributed by atoms with Gasteiger partial charge in [0.15, 0.2) is 6.10 Å². The number of carbonyl (C=O) groups excluding carboxylic acids is 3. The molecule has 0 aliphatic heterocycles. The fourth-order valence-corrected chi connectivity index (χ4v) is 9.98. The van der Waals surface area contributed by atoms with Crippen LogP contribution in [0.1, 0.15) is 361 Å². The van der Waals surface area contributed by atoms with E-state index in [4.69, 9.17) is 14.2 Å². The number of ether oxygens (including phenoxy) is 3. The summed E-state index contributed by atoms with van der Waals surface area (Å²) in [6, 6.07) is 0. The number of unbranched alkanes of at least 4 members (excludes halogenated alkanes) is 43. The molecule has 0 amide bonds. The Bertz CT molecular complexity index is 1310. The van der Waals surface area contributed by atoms with E-state index in [0.29, 0.717) is 19.3 Å². The lowest BCUT2D eigenvalue weighted by atomic mass is 10.0. The van der Waals surface area contributed by atoms with Crippen molar-refractivity contribution < 1.29 is 28.6 Å². The highest BCUT2D eigenvalue weighted by Gasteiger charge is 2.19. The van der Waals surface area contributed by atoms with Gasteiger partial charge in [-0.15, -0.1) is 0 Å². The molecule has 1 atom stereocenters. The van der Waals surface area contributed by atoms with Gasteiger partial charge in [-0.2, -0.15) is 0 Å². The molecule has 76 heavy (non-hydrogen) atoms. The minimum absolute atomic E-state index is 0.0739. The van der Waals surface area contributed by atoms with Crippen LogP contribution in [0.25, 0.3) is 0 Å². The zero-order valence-electron chi connectivity index (χ0n) is 51.0. The van der Waals surface area contributed by atoms with Crippen LogP contribution in [0.4, 0.5) is 0 Å². The lowest BCUT2D eigenvalue weighted by Gasteiger charge is -2.18. The third kappa shape index (κ3) is 62.2. The number of hydrogen-bond donors (Lipinski definition) is 0. The van der Waals surface area contributed by atoms with Crippen molar-refractivity contribution >= 4 is 17.9 Å². The van der Waals surface area contributed by atoms with Crippen molar-refractivity contribution in [3.63, 3.8) is 0 Å². The fourth-order valence-electron chi connectivity index (χ4n) is 9.98. The molecule has 0 N–H and O–H groups in total. The molecule has 0 rings (SSSR count). The van der Waals surface area contributed by atoms with E-state index in [9.17, 15) is 14.4 Å². The van der Waals surface area contributed by atoms with Gasteiger partial charge in [-0.3, -0.25) is 14.4 Å². The monoisotopic (exact) mass is 1060 g/mol. The van der Waals surface area contributed by atoms with E-state index in [1.807, 2.05) is 0 Å². The van der Waals surface area contributed by atoms with Crippen molar-refractivity contribution in [1.82, 2.24) is 0 Å². The number of rotatable bonds is 62. The minimum atomic E-state index is -0.777. The molecule has 0 aromatic rings. The Morgan fingerprint density at radius 1 is 0.263 bits per heavy atom. The van der Waals surface area contributed by atoms with E-state index in [1.165, 1.54) is 244 Å². The Morgan fingerprint density at radius 3 is 0.750 bits per heavy atom. The normalized spacial score (nSPS) is 12.3. The average molecular weight is 1070 g/mol. The zero-order valence-corrected chi connectivity index (χ0v) is 51.0. The molecule has 0 radical (unpaired) electrons. The van der Waals surface area contributed by atoms with Crippen LogP contribution in [-0.2, 0) is 28.6 Å². The van der Waals surface area contributed by atoms with Gasteiger partial charge in [0.05, 0.1) is 0 Å². The molecular weight excluding hydrogens is 937 g/mol. The lowest BCUT2D eigenvalue weighted by Crippen LogP contribution is -2.30. The van der Waals surface area contributed by atoms with Crippen LogP contribution in [-0.4, -0.2) is 37.2 Å². The van der Waals surface area contributed by atoms with E-state index >= 15 is 0 Å². The van der Waals surface area contributed by atoms with Gasteiger partial charge in [0.1, 0.15) is 13.2 Å². The summed E-state index contributed by atoms with van der Waals surface area (Å²) >= 11 is 0. The maximum Gasteiger partial charge on any atom is 0.306 e. The second-order valence-electron chi connectivity index (χ2n) is 22.7. The summed E-state index contributed by atoms with van der Waals surface area (Å²) in [6.45, 7) is 6.68.